The zero-order valence-corrected chi connectivity index (χ0v) is 10.3. The van der Waals surface area contributed by atoms with Crippen molar-refractivity contribution in [3.05, 3.63) is 12.7 Å². The molecule has 0 saturated carbocycles. The SMILES string of the molecule is CCOC(=O)[C@@H](C)Sc1ncnc2nc[nH]c12. The fraction of sp³-hybridized carbons (Fsp3) is 0.400. The van der Waals surface area contributed by atoms with Gasteiger partial charge < -0.3 is 9.72 Å². The molecule has 17 heavy (non-hydrogen) atoms. The highest BCUT2D eigenvalue weighted by atomic mass is 32.2. The van der Waals surface area contributed by atoms with Crippen LogP contribution in [0.4, 0.5) is 0 Å². The molecule has 90 valence electrons. The second-order valence-electron chi connectivity index (χ2n) is 3.29. The van der Waals surface area contributed by atoms with Gasteiger partial charge in [0, 0.05) is 0 Å². The number of carbonyl (C=O) groups excluding carboxylic acids is 1. The maximum absolute atomic E-state index is 11.5. The van der Waals surface area contributed by atoms with E-state index in [-0.39, 0.29) is 11.2 Å². The number of aromatic nitrogens is 4. The lowest BCUT2D eigenvalue weighted by molar-refractivity contribution is -0.142. The van der Waals surface area contributed by atoms with Gasteiger partial charge in [0.2, 0.25) is 0 Å². The lowest BCUT2D eigenvalue weighted by atomic mass is 10.5. The quantitative estimate of drug-likeness (QED) is 0.503. The van der Waals surface area contributed by atoms with Crippen molar-refractivity contribution in [3.8, 4) is 0 Å². The summed E-state index contributed by atoms with van der Waals surface area (Å²) in [6, 6.07) is 0. The molecule has 2 aromatic rings. The molecule has 0 bridgehead atoms. The van der Waals surface area contributed by atoms with Gasteiger partial charge in [-0.15, -0.1) is 0 Å². The van der Waals surface area contributed by atoms with Crippen LogP contribution in [0.25, 0.3) is 11.2 Å². The molecular weight excluding hydrogens is 240 g/mol. The van der Waals surface area contributed by atoms with E-state index in [1.165, 1.54) is 18.1 Å². The van der Waals surface area contributed by atoms with Crippen LogP contribution in [0.1, 0.15) is 13.8 Å². The summed E-state index contributed by atoms with van der Waals surface area (Å²) in [5.41, 5.74) is 1.34. The summed E-state index contributed by atoms with van der Waals surface area (Å²) >= 11 is 1.33. The molecule has 2 aromatic heterocycles. The van der Waals surface area contributed by atoms with Gasteiger partial charge >= 0.3 is 5.97 Å². The number of ether oxygens (including phenoxy) is 1. The number of imidazole rings is 1. The predicted octanol–water partition coefficient (Wildman–Crippen LogP) is 1.40. The first-order valence-electron chi connectivity index (χ1n) is 5.19. The number of carbonyl (C=O) groups is 1. The van der Waals surface area contributed by atoms with Gasteiger partial charge in [0.15, 0.2) is 5.65 Å². The Balaban J connectivity index is 2.18. The van der Waals surface area contributed by atoms with E-state index in [0.29, 0.717) is 17.3 Å². The molecule has 0 unspecified atom stereocenters. The first-order chi connectivity index (χ1) is 8.22. The Bertz CT molecular complexity index is 528. The Labute approximate surface area is 102 Å². The maximum Gasteiger partial charge on any atom is 0.319 e. The lowest BCUT2D eigenvalue weighted by Gasteiger charge is -2.09. The summed E-state index contributed by atoms with van der Waals surface area (Å²) in [5.74, 6) is -0.247. The summed E-state index contributed by atoms with van der Waals surface area (Å²) in [5, 5.41) is 0.393. The maximum atomic E-state index is 11.5. The number of aromatic amines is 1. The van der Waals surface area contributed by atoms with Crippen LogP contribution in [0, 0.1) is 0 Å². The van der Waals surface area contributed by atoms with E-state index in [2.05, 4.69) is 19.9 Å². The Kier molecular flexibility index (Phi) is 3.58. The van der Waals surface area contributed by atoms with Crippen molar-refractivity contribution in [3.63, 3.8) is 0 Å². The fourth-order valence-electron chi connectivity index (χ4n) is 1.31. The van der Waals surface area contributed by atoms with E-state index in [9.17, 15) is 4.79 Å². The first-order valence-corrected chi connectivity index (χ1v) is 6.07. The molecule has 0 amide bonds. The third-order valence-electron chi connectivity index (χ3n) is 2.10. The van der Waals surface area contributed by atoms with Crippen LogP contribution in [0.15, 0.2) is 17.7 Å². The Hall–Kier alpha value is -1.63. The molecule has 0 saturated heterocycles. The van der Waals surface area contributed by atoms with Crippen LogP contribution in [0.5, 0.6) is 0 Å². The molecule has 0 aliphatic rings. The number of hydrogen-bond acceptors (Lipinski definition) is 6. The largest absolute Gasteiger partial charge is 0.465 e. The van der Waals surface area contributed by atoms with Crippen molar-refractivity contribution in [2.75, 3.05) is 6.61 Å². The molecule has 2 rings (SSSR count). The second kappa shape index (κ2) is 5.13. The van der Waals surface area contributed by atoms with E-state index in [0.717, 1.165) is 5.52 Å². The zero-order chi connectivity index (χ0) is 12.3. The van der Waals surface area contributed by atoms with Crippen LogP contribution in [-0.4, -0.2) is 37.8 Å². The van der Waals surface area contributed by atoms with Crippen LogP contribution >= 0.6 is 11.8 Å². The topological polar surface area (TPSA) is 80.8 Å². The minimum atomic E-state index is -0.309. The van der Waals surface area contributed by atoms with Crippen molar-refractivity contribution in [1.29, 1.82) is 0 Å². The summed E-state index contributed by atoms with van der Waals surface area (Å²) < 4.78 is 4.94. The number of fused-ring (bicyclic) bond motifs is 1. The number of H-pyrrole nitrogens is 1. The molecule has 0 aliphatic heterocycles. The van der Waals surface area contributed by atoms with E-state index < -0.39 is 0 Å². The summed E-state index contributed by atoms with van der Waals surface area (Å²) in [7, 11) is 0. The van der Waals surface area contributed by atoms with Crippen LogP contribution in [0.2, 0.25) is 0 Å². The molecule has 0 spiro atoms. The van der Waals surface area contributed by atoms with Gasteiger partial charge in [0.05, 0.1) is 12.9 Å². The zero-order valence-electron chi connectivity index (χ0n) is 9.51. The number of nitrogens with zero attached hydrogens (tertiary/aromatic N) is 3. The third-order valence-corrected chi connectivity index (χ3v) is 3.17. The van der Waals surface area contributed by atoms with Gasteiger partial charge in [-0.3, -0.25) is 4.79 Å². The number of rotatable bonds is 4. The smallest absolute Gasteiger partial charge is 0.319 e. The van der Waals surface area contributed by atoms with Crippen molar-refractivity contribution in [2.45, 2.75) is 24.1 Å². The molecule has 0 aliphatic carbocycles. The molecule has 1 atom stereocenters. The monoisotopic (exact) mass is 252 g/mol. The van der Waals surface area contributed by atoms with Crippen molar-refractivity contribution < 1.29 is 9.53 Å². The van der Waals surface area contributed by atoms with E-state index in [1.807, 2.05) is 0 Å². The number of thioether (sulfide) groups is 1. The second-order valence-corrected chi connectivity index (χ2v) is 4.62. The number of nitrogens with one attached hydrogen (secondary N) is 1. The summed E-state index contributed by atoms with van der Waals surface area (Å²) in [6.45, 7) is 3.95. The Morgan fingerprint density at radius 1 is 1.53 bits per heavy atom. The highest BCUT2D eigenvalue weighted by molar-refractivity contribution is 8.00. The Morgan fingerprint density at radius 3 is 3.12 bits per heavy atom. The van der Waals surface area contributed by atoms with Crippen molar-refractivity contribution >= 4 is 28.9 Å². The predicted molar refractivity (Wildman–Crippen MR) is 63.6 cm³/mol. The van der Waals surface area contributed by atoms with Crippen LogP contribution in [0.3, 0.4) is 0 Å². The number of esters is 1. The van der Waals surface area contributed by atoms with Crippen molar-refractivity contribution in [1.82, 2.24) is 19.9 Å². The molecule has 6 nitrogen and oxygen atoms in total. The summed E-state index contributed by atoms with van der Waals surface area (Å²) in [4.78, 5) is 26.6. The average Bonchev–Trinajstić information content (AvgIpc) is 2.78. The molecular formula is C10H12N4O2S. The minimum absolute atomic E-state index is 0.247. The fourth-order valence-corrected chi connectivity index (χ4v) is 2.18. The van der Waals surface area contributed by atoms with E-state index >= 15 is 0 Å². The van der Waals surface area contributed by atoms with Gasteiger partial charge in [-0.25, -0.2) is 15.0 Å². The highest BCUT2D eigenvalue weighted by Crippen LogP contribution is 2.26. The molecule has 2 heterocycles. The van der Waals surface area contributed by atoms with E-state index in [1.54, 1.807) is 20.2 Å². The van der Waals surface area contributed by atoms with Gasteiger partial charge in [-0.1, -0.05) is 11.8 Å². The molecule has 0 aromatic carbocycles. The molecule has 0 radical (unpaired) electrons. The van der Waals surface area contributed by atoms with Crippen molar-refractivity contribution in [2.24, 2.45) is 0 Å². The molecule has 1 N–H and O–H groups in total. The third kappa shape index (κ3) is 2.55. The van der Waals surface area contributed by atoms with Crippen LogP contribution in [-0.2, 0) is 9.53 Å². The highest BCUT2D eigenvalue weighted by Gasteiger charge is 2.18. The van der Waals surface area contributed by atoms with Gasteiger partial charge in [-0.2, -0.15) is 0 Å². The summed E-state index contributed by atoms with van der Waals surface area (Å²) in [6.07, 6.45) is 2.99. The average molecular weight is 252 g/mol. The minimum Gasteiger partial charge on any atom is -0.465 e. The van der Waals surface area contributed by atoms with Crippen LogP contribution < -0.4 is 0 Å². The first kappa shape index (κ1) is 11.8. The Morgan fingerprint density at radius 2 is 2.35 bits per heavy atom. The van der Waals surface area contributed by atoms with Gasteiger partial charge in [0.1, 0.15) is 22.1 Å². The van der Waals surface area contributed by atoms with Gasteiger partial charge in [-0.05, 0) is 13.8 Å². The van der Waals surface area contributed by atoms with Gasteiger partial charge in [0.25, 0.3) is 0 Å². The standard InChI is InChI=1S/C10H12N4O2S/c1-3-16-10(15)6(2)17-9-7-8(12-4-11-7)13-5-14-9/h4-6H,3H2,1-2H3,(H,11,12,13,14)/t6-/m1/s1. The lowest BCUT2D eigenvalue weighted by Crippen LogP contribution is -2.16. The number of hydrogen-bond donors (Lipinski definition) is 1. The van der Waals surface area contributed by atoms with E-state index in [4.69, 9.17) is 4.74 Å². The molecule has 7 heteroatoms. The molecule has 0 fully saturated rings. The normalized spacial score (nSPS) is 12.6.